The van der Waals surface area contributed by atoms with Crippen LogP contribution in [0.1, 0.15) is 89.5 Å². The summed E-state index contributed by atoms with van der Waals surface area (Å²) < 4.78 is 5.79. The van der Waals surface area contributed by atoms with Crippen LogP contribution in [0, 0.1) is 17.8 Å². The highest BCUT2D eigenvalue weighted by atomic mass is 16.5. The molecule has 28 heavy (non-hydrogen) atoms. The van der Waals surface area contributed by atoms with E-state index in [0.717, 1.165) is 56.4 Å². The van der Waals surface area contributed by atoms with Crippen LogP contribution in [0.2, 0.25) is 0 Å². The summed E-state index contributed by atoms with van der Waals surface area (Å²) in [7, 11) is 0. The molecule has 3 unspecified atom stereocenters. The number of hydrogen-bond acceptors (Lipinski definition) is 3. The van der Waals surface area contributed by atoms with E-state index >= 15 is 0 Å². The molecule has 2 aliphatic rings. The maximum absolute atomic E-state index is 13.6. The molecule has 154 valence electrons. The zero-order valence-electron chi connectivity index (χ0n) is 17.6. The van der Waals surface area contributed by atoms with Gasteiger partial charge in [-0.2, -0.15) is 0 Å². The molecular formula is C25H36O3. The fraction of sp³-hybridized carbons (Fsp3) is 0.680. The predicted octanol–water partition coefficient (Wildman–Crippen LogP) is 6.10. The Hall–Kier alpha value is -1.64. The number of benzene rings is 1. The number of ether oxygens (including phenoxy) is 1. The van der Waals surface area contributed by atoms with E-state index in [-0.39, 0.29) is 23.4 Å². The summed E-state index contributed by atoms with van der Waals surface area (Å²) in [6.07, 6.45) is 10.3. The Balaban J connectivity index is 1.78. The van der Waals surface area contributed by atoms with Crippen LogP contribution < -0.4 is 4.74 Å². The molecule has 3 heteroatoms. The molecule has 0 N–H and O–H groups in total. The third-order valence-corrected chi connectivity index (χ3v) is 6.66. The average Bonchev–Trinajstić information content (AvgIpc) is 2.70. The monoisotopic (exact) mass is 384 g/mol. The number of hydrogen-bond donors (Lipinski definition) is 0. The molecule has 3 rings (SSSR count). The van der Waals surface area contributed by atoms with Gasteiger partial charge in [0.15, 0.2) is 5.78 Å². The molecule has 1 aromatic carbocycles. The number of carbonyl (C=O) groups excluding carboxylic acids is 2. The Morgan fingerprint density at radius 1 is 1.07 bits per heavy atom. The molecule has 0 spiro atoms. The number of ketones is 2. The van der Waals surface area contributed by atoms with Gasteiger partial charge in [0.1, 0.15) is 11.5 Å². The first kappa shape index (κ1) is 21.1. The fourth-order valence-electron chi connectivity index (χ4n) is 4.96. The molecular weight excluding hydrogens is 348 g/mol. The maximum Gasteiger partial charge on any atom is 0.151 e. The Kier molecular flexibility index (Phi) is 7.70. The van der Waals surface area contributed by atoms with Crippen LogP contribution in [-0.2, 0) is 9.59 Å². The SMILES string of the molecule is CCCCOc1ccc(C(C(=O)C2CCC(C)CC2=O)C2CCCCC2)cc1. The molecule has 2 fully saturated rings. The van der Waals surface area contributed by atoms with Crippen molar-refractivity contribution in [1.29, 1.82) is 0 Å². The van der Waals surface area contributed by atoms with E-state index in [1.165, 1.54) is 19.3 Å². The van der Waals surface area contributed by atoms with Crippen LogP contribution in [-0.4, -0.2) is 18.2 Å². The summed E-state index contributed by atoms with van der Waals surface area (Å²) >= 11 is 0. The molecule has 0 aromatic heterocycles. The van der Waals surface area contributed by atoms with E-state index in [2.05, 4.69) is 26.0 Å². The van der Waals surface area contributed by atoms with Crippen molar-refractivity contribution in [2.45, 2.75) is 84.0 Å². The summed E-state index contributed by atoms with van der Waals surface area (Å²) in [6.45, 7) is 5.00. The minimum Gasteiger partial charge on any atom is -0.494 e. The standard InChI is InChI=1S/C25H36O3/c1-3-4-16-28-21-13-11-20(12-14-21)24(19-8-6-5-7-9-19)25(27)22-15-10-18(2)17-23(22)26/h11-14,18-19,22,24H,3-10,15-17H2,1-2H3. The fourth-order valence-corrected chi connectivity index (χ4v) is 4.96. The molecule has 3 nitrogen and oxygen atoms in total. The minimum absolute atomic E-state index is 0.132. The number of carbonyl (C=O) groups is 2. The topological polar surface area (TPSA) is 43.4 Å². The normalized spacial score (nSPS) is 24.7. The van der Waals surface area contributed by atoms with Gasteiger partial charge in [-0.15, -0.1) is 0 Å². The molecule has 0 aliphatic heterocycles. The highest BCUT2D eigenvalue weighted by molar-refractivity contribution is 6.05. The Morgan fingerprint density at radius 2 is 1.79 bits per heavy atom. The van der Waals surface area contributed by atoms with Gasteiger partial charge in [-0.05, 0) is 61.6 Å². The van der Waals surface area contributed by atoms with Crippen LogP contribution in [0.15, 0.2) is 24.3 Å². The molecule has 0 bridgehead atoms. The third-order valence-electron chi connectivity index (χ3n) is 6.66. The van der Waals surface area contributed by atoms with Gasteiger partial charge in [0.25, 0.3) is 0 Å². The Morgan fingerprint density at radius 3 is 2.43 bits per heavy atom. The van der Waals surface area contributed by atoms with Crippen LogP contribution in [0.25, 0.3) is 0 Å². The molecule has 2 saturated carbocycles. The van der Waals surface area contributed by atoms with Gasteiger partial charge in [-0.3, -0.25) is 9.59 Å². The summed E-state index contributed by atoms with van der Waals surface area (Å²) in [5, 5.41) is 0. The quantitative estimate of drug-likeness (QED) is 0.401. The average molecular weight is 385 g/mol. The van der Waals surface area contributed by atoms with Gasteiger partial charge in [0.05, 0.1) is 12.5 Å². The van der Waals surface area contributed by atoms with Crippen molar-refractivity contribution in [2.75, 3.05) is 6.61 Å². The lowest BCUT2D eigenvalue weighted by atomic mass is 9.69. The second kappa shape index (κ2) is 10.2. The zero-order chi connectivity index (χ0) is 19.9. The van der Waals surface area contributed by atoms with Gasteiger partial charge in [0.2, 0.25) is 0 Å². The summed E-state index contributed by atoms with van der Waals surface area (Å²) in [4.78, 5) is 26.2. The van der Waals surface area contributed by atoms with Gasteiger partial charge in [-0.1, -0.05) is 51.7 Å². The van der Waals surface area contributed by atoms with Crippen molar-refractivity contribution in [3.8, 4) is 5.75 Å². The molecule has 0 heterocycles. The highest BCUT2D eigenvalue weighted by Gasteiger charge is 2.39. The maximum atomic E-state index is 13.6. The Labute approximate surface area is 170 Å². The first-order valence-corrected chi connectivity index (χ1v) is 11.4. The van der Waals surface area contributed by atoms with E-state index in [0.29, 0.717) is 18.3 Å². The second-order valence-electron chi connectivity index (χ2n) is 8.95. The summed E-state index contributed by atoms with van der Waals surface area (Å²) in [5.41, 5.74) is 1.08. The van der Waals surface area contributed by atoms with Gasteiger partial charge < -0.3 is 4.74 Å². The Bertz CT molecular complexity index is 642. The molecule has 0 radical (unpaired) electrons. The summed E-state index contributed by atoms with van der Waals surface area (Å²) in [5.74, 6) is 1.50. The molecule has 1 aromatic rings. The van der Waals surface area contributed by atoms with Crippen LogP contribution in [0.5, 0.6) is 5.75 Å². The zero-order valence-corrected chi connectivity index (χ0v) is 17.6. The molecule has 0 saturated heterocycles. The lowest BCUT2D eigenvalue weighted by Crippen LogP contribution is -2.36. The van der Waals surface area contributed by atoms with E-state index in [4.69, 9.17) is 4.74 Å². The molecule has 0 amide bonds. The number of Topliss-reactive ketones (excluding diaryl/α,β-unsaturated/α-hetero) is 2. The van der Waals surface area contributed by atoms with Gasteiger partial charge in [-0.25, -0.2) is 0 Å². The summed E-state index contributed by atoms with van der Waals surface area (Å²) in [6, 6.07) is 8.13. The smallest absolute Gasteiger partial charge is 0.151 e. The van der Waals surface area contributed by atoms with Crippen molar-refractivity contribution in [3.05, 3.63) is 29.8 Å². The number of rotatable bonds is 8. The second-order valence-corrected chi connectivity index (χ2v) is 8.95. The highest BCUT2D eigenvalue weighted by Crippen LogP contribution is 2.40. The van der Waals surface area contributed by atoms with Crippen LogP contribution >= 0.6 is 0 Å². The van der Waals surface area contributed by atoms with Crippen molar-refractivity contribution in [1.82, 2.24) is 0 Å². The minimum atomic E-state index is -0.386. The predicted molar refractivity (Wildman–Crippen MR) is 113 cm³/mol. The third kappa shape index (κ3) is 5.24. The van der Waals surface area contributed by atoms with E-state index in [9.17, 15) is 9.59 Å². The molecule has 2 aliphatic carbocycles. The van der Waals surface area contributed by atoms with E-state index in [1.54, 1.807) is 0 Å². The van der Waals surface area contributed by atoms with Crippen molar-refractivity contribution in [3.63, 3.8) is 0 Å². The van der Waals surface area contributed by atoms with E-state index < -0.39 is 0 Å². The largest absolute Gasteiger partial charge is 0.494 e. The molecule has 3 atom stereocenters. The van der Waals surface area contributed by atoms with Crippen molar-refractivity contribution < 1.29 is 14.3 Å². The lowest BCUT2D eigenvalue weighted by Gasteiger charge is -2.33. The van der Waals surface area contributed by atoms with Crippen LogP contribution in [0.4, 0.5) is 0 Å². The lowest BCUT2D eigenvalue weighted by molar-refractivity contribution is -0.137. The first-order valence-electron chi connectivity index (χ1n) is 11.4. The van der Waals surface area contributed by atoms with Crippen LogP contribution in [0.3, 0.4) is 0 Å². The van der Waals surface area contributed by atoms with Crippen molar-refractivity contribution in [2.24, 2.45) is 17.8 Å². The van der Waals surface area contributed by atoms with Gasteiger partial charge >= 0.3 is 0 Å². The first-order chi connectivity index (χ1) is 13.6. The van der Waals surface area contributed by atoms with Crippen molar-refractivity contribution >= 4 is 11.6 Å². The van der Waals surface area contributed by atoms with Gasteiger partial charge in [0, 0.05) is 12.3 Å². The number of unbranched alkanes of at least 4 members (excludes halogenated alkanes) is 1. The van der Waals surface area contributed by atoms with E-state index in [1.807, 2.05) is 12.1 Å².